The molecule has 0 radical (unpaired) electrons. The number of rotatable bonds is 8. The Balaban J connectivity index is 0.00000392. The second-order valence-corrected chi connectivity index (χ2v) is 6.39. The van der Waals surface area contributed by atoms with Crippen molar-refractivity contribution in [1.82, 2.24) is 20.5 Å². The molecule has 0 aliphatic rings. The van der Waals surface area contributed by atoms with Crippen molar-refractivity contribution >= 4 is 40.8 Å². The molecule has 0 amide bonds. The van der Waals surface area contributed by atoms with Crippen LogP contribution in [0.5, 0.6) is 0 Å². The molecule has 5 nitrogen and oxygen atoms in total. The normalized spacial score (nSPS) is 12.3. The second kappa shape index (κ2) is 11.4. The molecule has 0 unspecified atom stereocenters. The van der Waals surface area contributed by atoms with E-state index in [1.165, 1.54) is 24.1 Å². The molecule has 0 saturated heterocycles. The Morgan fingerprint density at radius 3 is 2.61 bits per heavy atom. The van der Waals surface area contributed by atoms with E-state index < -0.39 is 12.7 Å². The summed E-state index contributed by atoms with van der Waals surface area (Å²) in [6, 6.07) is 4.65. The third-order valence-corrected chi connectivity index (χ3v) is 4.10. The highest BCUT2D eigenvalue weighted by atomic mass is 127. The lowest BCUT2D eigenvalue weighted by atomic mass is 10.1. The summed E-state index contributed by atoms with van der Waals surface area (Å²) in [7, 11) is 3.09. The zero-order chi connectivity index (χ0) is 19.9. The summed E-state index contributed by atoms with van der Waals surface area (Å²) < 4.78 is 50.0. The lowest BCUT2D eigenvalue weighted by Gasteiger charge is -2.18. The zero-order valence-corrected chi connectivity index (χ0v) is 18.2. The van der Waals surface area contributed by atoms with Gasteiger partial charge in [0, 0.05) is 37.2 Å². The first kappa shape index (κ1) is 24.5. The fourth-order valence-corrected chi connectivity index (χ4v) is 2.84. The van der Waals surface area contributed by atoms with Crippen LogP contribution in [0.15, 0.2) is 29.4 Å². The number of hydrogen-bond acceptors (Lipinski definition) is 2. The average molecular weight is 515 g/mol. The molecule has 2 aromatic rings. The molecule has 158 valence electrons. The lowest BCUT2D eigenvalue weighted by Crippen LogP contribution is -2.40. The number of aromatic amines is 1. The van der Waals surface area contributed by atoms with Gasteiger partial charge in [-0.05, 0) is 50.2 Å². The highest BCUT2D eigenvalue weighted by Gasteiger charge is 2.28. The maximum Gasteiger partial charge on any atom is 0.401 e. The minimum absolute atomic E-state index is 0. The summed E-state index contributed by atoms with van der Waals surface area (Å²) in [4.78, 5) is 8.40. The first-order chi connectivity index (χ1) is 12.8. The Hall–Kier alpha value is -1.56. The van der Waals surface area contributed by atoms with E-state index >= 15 is 0 Å². The molecule has 1 aromatic carbocycles. The van der Waals surface area contributed by atoms with Crippen molar-refractivity contribution in [1.29, 1.82) is 0 Å². The molecule has 1 aromatic heterocycles. The number of aliphatic imine (C=N–C) groups is 1. The van der Waals surface area contributed by atoms with Gasteiger partial charge in [-0.25, -0.2) is 4.39 Å². The number of aromatic nitrogens is 1. The highest BCUT2D eigenvalue weighted by molar-refractivity contribution is 14.0. The van der Waals surface area contributed by atoms with E-state index in [0.29, 0.717) is 32.0 Å². The lowest BCUT2D eigenvalue weighted by molar-refractivity contribution is -0.143. The number of nitrogens with one attached hydrogen (secondary N) is 3. The van der Waals surface area contributed by atoms with Gasteiger partial charge in [-0.3, -0.25) is 9.89 Å². The molecule has 28 heavy (non-hydrogen) atoms. The van der Waals surface area contributed by atoms with Gasteiger partial charge in [0.05, 0.1) is 6.54 Å². The number of halogens is 5. The number of alkyl halides is 3. The average Bonchev–Trinajstić information content (AvgIpc) is 2.97. The van der Waals surface area contributed by atoms with Crippen LogP contribution in [0.3, 0.4) is 0 Å². The summed E-state index contributed by atoms with van der Waals surface area (Å²) in [5.41, 5.74) is 1.83. The molecule has 0 spiro atoms. The third kappa shape index (κ3) is 8.21. The Labute approximate surface area is 179 Å². The Morgan fingerprint density at radius 2 is 1.93 bits per heavy atom. The van der Waals surface area contributed by atoms with Crippen molar-refractivity contribution in [2.24, 2.45) is 4.99 Å². The summed E-state index contributed by atoms with van der Waals surface area (Å²) in [5.74, 6) is 0.318. The number of fused-ring (bicyclic) bond motifs is 1. The molecular weight excluding hydrogens is 489 g/mol. The zero-order valence-electron chi connectivity index (χ0n) is 15.9. The highest BCUT2D eigenvalue weighted by Crippen LogP contribution is 2.19. The number of H-pyrrole nitrogens is 1. The minimum atomic E-state index is -4.17. The molecule has 0 fully saturated rings. The molecule has 0 bridgehead atoms. The molecule has 1 heterocycles. The minimum Gasteiger partial charge on any atom is -0.361 e. The van der Waals surface area contributed by atoms with Crippen molar-refractivity contribution in [3.05, 3.63) is 35.8 Å². The summed E-state index contributed by atoms with van der Waals surface area (Å²) in [6.45, 7) is 0.579. The molecule has 0 aliphatic heterocycles. The van der Waals surface area contributed by atoms with Crippen LogP contribution in [0, 0.1) is 5.82 Å². The Morgan fingerprint density at radius 1 is 1.21 bits per heavy atom. The van der Waals surface area contributed by atoms with Gasteiger partial charge in [0.25, 0.3) is 0 Å². The molecule has 2 rings (SSSR count). The van der Waals surface area contributed by atoms with Gasteiger partial charge >= 0.3 is 6.18 Å². The number of guanidine groups is 1. The van der Waals surface area contributed by atoms with E-state index in [1.807, 2.05) is 6.20 Å². The topological polar surface area (TPSA) is 55.5 Å². The van der Waals surface area contributed by atoms with E-state index in [1.54, 1.807) is 13.1 Å². The quantitative estimate of drug-likeness (QED) is 0.166. The van der Waals surface area contributed by atoms with Crippen molar-refractivity contribution in [3.8, 4) is 0 Å². The first-order valence-corrected chi connectivity index (χ1v) is 8.74. The predicted octanol–water partition coefficient (Wildman–Crippen LogP) is 3.52. The van der Waals surface area contributed by atoms with Gasteiger partial charge in [-0.1, -0.05) is 0 Å². The number of nitrogens with zero attached hydrogens (tertiary/aromatic N) is 2. The van der Waals surface area contributed by atoms with Crippen LogP contribution in [0.1, 0.15) is 12.0 Å². The van der Waals surface area contributed by atoms with Crippen LogP contribution >= 0.6 is 24.0 Å². The molecule has 3 N–H and O–H groups in total. The predicted molar refractivity (Wildman–Crippen MR) is 115 cm³/mol. The largest absolute Gasteiger partial charge is 0.401 e. The van der Waals surface area contributed by atoms with E-state index in [4.69, 9.17) is 0 Å². The number of benzene rings is 1. The molecule has 10 heteroatoms. The van der Waals surface area contributed by atoms with Gasteiger partial charge in [0.15, 0.2) is 5.96 Å². The van der Waals surface area contributed by atoms with Crippen LogP contribution in [0.25, 0.3) is 10.9 Å². The van der Waals surface area contributed by atoms with Gasteiger partial charge in [0.2, 0.25) is 0 Å². The van der Waals surface area contributed by atoms with E-state index in [0.717, 1.165) is 22.9 Å². The monoisotopic (exact) mass is 515 g/mol. The molecule has 0 atom stereocenters. The summed E-state index contributed by atoms with van der Waals surface area (Å²) in [6.07, 6.45) is -1.02. The van der Waals surface area contributed by atoms with Crippen LogP contribution in [0.4, 0.5) is 17.6 Å². The smallest absolute Gasteiger partial charge is 0.361 e. The molecule has 0 saturated carbocycles. The van der Waals surface area contributed by atoms with Gasteiger partial charge in [0.1, 0.15) is 5.82 Å². The van der Waals surface area contributed by atoms with E-state index in [-0.39, 0.29) is 29.8 Å². The van der Waals surface area contributed by atoms with Gasteiger partial charge in [-0.2, -0.15) is 13.2 Å². The van der Waals surface area contributed by atoms with Crippen molar-refractivity contribution in [2.45, 2.75) is 19.0 Å². The summed E-state index contributed by atoms with van der Waals surface area (Å²) in [5, 5.41) is 7.23. The Bertz CT molecular complexity index is 760. The van der Waals surface area contributed by atoms with Crippen molar-refractivity contribution < 1.29 is 17.6 Å². The Kier molecular flexibility index (Phi) is 10.0. The number of hydrogen-bond donors (Lipinski definition) is 3. The molecular formula is C18H26F4IN5. The van der Waals surface area contributed by atoms with Crippen LogP contribution < -0.4 is 10.6 Å². The second-order valence-electron chi connectivity index (χ2n) is 6.39. The SMILES string of the molecule is CN=C(NCCCN(C)CC(F)(F)F)NCCc1c[nH]c2cc(F)ccc12.I. The third-order valence-electron chi connectivity index (χ3n) is 4.10. The van der Waals surface area contributed by atoms with E-state index in [2.05, 4.69) is 20.6 Å². The summed E-state index contributed by atoms with van der Waals surface area (Å²) >= 11 is 0. The van der Waals surface area contributed by atoms with Gasteiger partial charge in [-0.15, -0.1) is 24.0 Å². The van der Waals surface area contributed by atoms with Crippen LogP contribution in [-0.2, 0) is 6.42 Å². The fraction of sp³-hybridized carbons (Fsp3) is 0.500. The van der Waals surface area contributed by atoms with Crippen LogP contribution in [0.2, 0.25) is 0 Å². The fourth-order valence-electron chi connectivity index (χ4n) is 2.84. The van der Waals surface area contributed by atoms with E-state index in [9.17, 15) is 17.6 Å². The molecule has 0 aliphatic carbocycles. The maximum atomic E-state index is 13.2. The van der Waals surface area contributed by atoms with Gasteiger partial charge < -0.3 is 15.6 Å². The van der Waals surface area contributed by atoms with Crippen molar-refractivity contribution in [2.75, 3.05) is 40.3 Å². The maximum absolute atomic E-state index is 13.2. The first-order valence-electron chi connectivity index (χ1n) is 8.74. The standard InChI is InChI=1S/C18H25F4N5.HI/c1-23-17(24-7-3-9-27(2)12-18(20,21)22)25-8-6-13-11-26-16-10-14(19)4-5-15(13)16;/h4-5,10-11,26H,3,6-9,12H2,1-2H3,(H2,23,24,25);1H. The van der Waals surface area contributed by atoms with Crippen LogP contribution in [-0.4, -0.2) is 62.3 Å². The van der Waals surface area contributed by atoms with Crippen molar-refractivity contribution in [3.63, 3.8) is 0 Å².